The molecule has 0 saturated carbocycles. The molecule has 6 nitrogen and oxygen atoms in total. The van der Waals surface area contributed by atoms with Crippen molar-refractivity contribution in [2.45, 2.75) is 25.7 Å². The highest BCUT2D eigenvalue weighted by Gasteiger charge is 2.25. The number of rotatable bonds is 3. The highest BCUT2D eigenvalue weighted by Crippen LogP contribution is 2.37. The highest BCUT2D eigenvalue weighted by molar-refractivity contribution is 7.17. The third-order valence-electron chi connectivity index (χ3n) is 3.39. The van der Waals surface area contributed by atoms with Crippen molar-refractivity contribution in [3.63, 3.8) is 0 Å². The van der Waals surface area contributed by atoms with E-state index in [4.69, 9.17) is 5.73 Å². The van der Waals surface area contributed by atoms with E-state index in [1.54, 1.807) is 0 Å². The first-order valence-corrected chi connectivity index (χ1v) is 7.22. The van der Waals surface area contributed by atoms with E-state index in [2.05, 4.69) is 15.3 Å². The molecule has 0 fully saturated rings. The van der Waals surface area contributed by atoms with Gasteiger partial charge in [-0.1, -0.05) is 0 Å². The van der Waals surface area contributed by atoms with Gasteiger partial charge in [0.15, 0.2) is 0 Å². The van der Waals surface area contributed by atoms with E-state index in [0.717, 1.165) is 36.1 Å². The molecular formula is C13H14N4O2S. The van der Waals surface area contributed by atoms with Crippen molar-refractivity contribution in [2.24, 2.45) is 5.73 Å². The van der Waals surface area contributed by atoms with Crippen LogP contribution < -0.4 is 11.1 Å². The van der Waals surface area contributed by atoms with Crippen LogP contribution in [0, 0.1) is 0 Å². The van der Waals surface area contributed by atoms with Crippen LogP contribution in [0.25, 0.3) is 0 Å². The van der Waals surface area contributed by atoms with Crippen LogP contribution in [0.2, 0.25) is 0 Å². The summed E-state index contributed by atoms with van der Waals surface area (Å²) in [6.07, 6.45) is 6.83. The highest BCUT2D eigenvalue weighted by atomic mass is 32.1. The SMILES string of the molecule is NC(=O)c1c(NC(=O)c2cnc[nH]2)sc2c1CCCC2. The second kappa shape index (κ2) is 5.09. The van der Waals surface area contributed by atoms with Crippen LogP contribution in [-0.4, -0.2) is 21.8 Å². The van der Waals surface area contributed by atoms with Crippen LogP contribution in [0.1, 0.15) is 44.1 Å². The number of carbonyl (C=O) groups excluding carboxylic acids is 2. The molecule has 104 valence electrons. The maximum Gasteiger partial charge on any atom is 0.274 e. The Morgan fingerprint density at radius 3 is 2.85 bits per heavy atom. The Morgan fingerprint density at radius 1 is 1.35 bits per heavy atom. The Balaban J connectivity index is 1.95. The van der Waals surface area contributed by atoms with Crippen molar-refractivity contribution in [1.82, 2.24) is 9.97 Å². The van der Waals surface area contributed by atoms with Gasteiger partial charge in [-0.15, -0.1) is 11.3 Å². The van der Waals surface area contributed by atoms with Gasteiger partial charge in [0.1, 0.15) is 10.7 Å². The quantitative estimate of drug-likeness (QED) is 0.802. The first-order chi connectivity index (χ1) is 9.66. The zero-order valence-electron chi connectivity index (χ0n) is 10.7. The molecule has 7 heteroatoms. The number of hydrogen-bond donors (Lipinski definition) is 3. The Hall–Kier alpha value is -2.15. The van der Waals surface area contributed by atoms with Crippen LogP contribution in [0.3, 0.4) is 0 Å². The largest absolute Gasteiger partial charge is 0.365 e. The number of aromatic nitrogens is 2. The molecule has 0 saturated heterocycles. The summed E-state index contributed by atoms with van der Waals surface area (Å²) in [5.41, 5.74) is 7.31. The van der Waals surface area contributed by atoms with E-state index in [0.29, 0.717) is 16.3 Å². The first kappa shape index (κ1) is 12.9. The minimum Gasteiger partial charge on any atom is -0.365 e. The summed E-state index contributed by atoms with van der Waals surface area (Å²) >= 11 is 1.45. The zero-order chi connectivity index (χ0) is 14.1. The van der Waals surface area contributed by atoms with Crippen LogP contribution in [0.5, 0.6) is 0 Å². The lowest BCUT2D eigenvalue weighted by atomic mass is 9.95. The third-order valence-corrected chi connectivity index (χ3v) is 4.59. The van der Waals surface area contributed by atoms with E-state index in [1.165, 1.54) is 23.9 Å². The van der Waals surface area contributed by atoms with Gasteiger partial charge in [-0.05, 0) is 31.2 Å². The Kier molecular flexibility index (Phi) is 3.27. The molecule has 1 aliphatic rings. The maximum atomic E-state index is 12.0. The summed E-state index contributed by atoms with van der Waals surface area (Å²) in [5.74, 6) is -0.798. The number of H-pyrrole nitrogens is 1. The van der Waals surface area contributed by atoms with Gasteiger partial charge in [-0.3, -0.25) is 9.59 Å². The molecule has 4 N–H and O–H groups in total. The number of primary amides is 1. The van der Waals surface area contributed by atoms with Gasteiger partial charge in [0.25, 0.3) is 11.8 Å². The van der Waals surface area contributed by atoms with Crippen LogP contribution in [-0.2, 0) is 12.8 Å². The van der Waals surface area contributed by atoms with Gasteiger partial charge in [-0.25, -0.2) is 4.98 Å². The number of thiophene rings is 1. The summed E-state index contributed by atoms with van der Waals surface area (Å²) in [5, 5.41) is 3.30. The summed E-state index contributed by atoms with van der Waals surface area (Å²) < 4.78 is 0. The lowest BCUT2D eigenvalue weighted by Crippen LogP contribution is -2.18. The van der Waals surface area contributed by atoms with Crippen LogP contribution in [0.4, 0.5) is 5.00 Å². The molecular weight excluding hydrogens is 276 g/mol. The number of aromatic amines is 1. The minimum absolute atomic E-state index is 0.316. The molecule has 3 rings (SSSR count). The number of aryl methyl sites for hydroxylation is 1. The van der Waals surface area contributed by atoms with Gasteiger partial charge in [0.2, 0.25) is 0 Å². The van der Waals surface area contributed by atoms with Gasteiger partial charge >= 0.3 is 0 Å². The summed E-state index contributed by atoms with van der Waals surface area (Å²) in [7, 11) is 0. The topological polar surface area (TPSA) is 101 Å². The number of nitrogens with one attached hydrogen (secondary N) is 2. The van der Waals surface area contributed by atoms with Crippen molar-refractivity contribution in [3.8, 4) is 0 Å². The molecule has 2 amide bonds. The molecule has 0 spiro atoms. The Labute approximate surface area is 119 Å². The lowest BCUT2D eigenvalue weighted by molar-refractivity contribution is 0.100. The molecule has 0 aromatic carbocycles. The standard InChI is InChI=1S/C13H14N4O2S/c14-11(18)10-7-3-1-2-4-9(7)20-13(10)17-12(19)8-5-15-6-16-8/h5-6H,1-4H2,(H2,14,18)(H,15,16)(H,17,19). The number of nitrogens with two attached hydrogens (primary N) is 1. The van der Waals surface area contributed by atoms with E-state index in [1.807, 2.05) is 0 Å². The molecule has 20 heavy (non-hydrogen) atoms. The number of hydrogen-bond acceptors (Lipinski definition) is 4. The Bertz CT molecular complexity index is 660. The minimum atomic E-state index is -0.482. The maximum absolute atomic E-state index is 12.0. The average molecular weight is 290 g/mol. The monoisotopic (exact) mass is 290 g/mol. The number of fused-ring (bicyclic) bond motifs is 1. The van der Waals surface area contributed by atoms with Crippen LogP contribution in [0.15, 0.2) is 12.5 Å². The van der Waals surface area contributed by atoms with E-state index in [9.17, 15) is 9.59 Å². The van der Waals surface area contributed by atoms with Gasteiger partial charge in [0, 0.05) is 4.88 Å². The molecule has 2 heterocycles. The molecule has 0 atom stereocenters. The number of imidazole rings is 1. The van der Waals surface area contributed by atoms with Crippen molar-refractivity contribution in [1.29, 1.82) is 0 Å². The van der Waals surface area contributed by atoms with Crippen molar-refractivity contribution in [3.05, 3.63) is 34.2 Å². The van der Waals surface area contributed by atoms with Crippen LogP contribution >= 0.6 is 11.3 Å². The van der Waals surface area contributed by atoms with Crippen molar-refractivity contribution < 1.29 is 9.59 Å². The number of amides is 2. The van der Waals surface area contributed by atoms with E-state index < -0.39 is 5.91 Å². The zero-order valence-corrected chi connectivity index (χ0v) is 11.5. The summed E-state index contributed by atoms with van der Waals surface area (Å²) in [6.45, 7) is 0. The number of nitrogens with zero attached hydrogens (tertiary/aromatic N) is 1. The molecule has 2 aromatic heterocycles. The Morgan fingerprint density at radius 2 is 2.15 bits per heavy atom. The fourth-order valence-corrected chi connectivity index (χ4v) is 3.75. The molecule has 0 aliphatic heterocycles. The smallest absolute Gasteiger partial charge is 0.274 e. The molecule has 2 aromatic rings. The normalized spacial score (nSPS) is 13.8. The summed E-state index contributed by atoms with van der Waals surface area (Å²) in [6, 6.07) is 0. The molecule has 0 unspecified atom stereocenters. The van der Waals surface area contributed by atoms with E-state index in [-0.39, 0.29) is 5.91 Å². The van der Waals surface area contributed by atoms with Crippen molar-refractivity contribution in [2.75, 3.05) is 5.32 Å². The fourth-order valence-electron chi connectivity index (χ4n) is 2.47. The average Bonchev–Trinajstić information content (AvgIpc) is 3.05. The first-order valence-electron chi connectivity index (χ1n) is 6.41. The van der Waals surface area contributed by atoms with Gasteiger partial charge in [0.05, 0.1) is 18.1 Å². The second-order valence-electron chi connectivity index (χ2n) is 4.70. The molecule has 0 radical (unpaired) electrons. The predicted octanol–water partition coefficient (Wildman–Crippen LogP) is 1.70. The molecule has 1 aliphatic carbocycles. The predicted molar refractivity (Wildman–Crippen MR) is 76.0 cm³/mol. The van der Waals surface area contributed by atoms with Gasteiger partial charge < -0.3 is 16.0 Å². The second-order valence-corrected chi connectivity index (χ2v) is 5.80. The van der Waals surface area contributed by atoms with Crippen molar-refractivity contribution >= 4 is 28.2 Å². The number of carbonyl (C=O) groups is 2. The van der Waals surface area contributed by atoms with Gasteiger partial charge in [-0.2, -0.15) is 0 Å². The van der Waals surface area contributed by atoms with E-state index >= 15 is 0 Å². The fraction of sp³-hybridized carbons (Fsp3) is 0.308. The summed E-state index contributed by atoms with van der Waals surface area (Å²) in [4.78, 5) is 31.4. The lowest BCUT2D eigenvalue weighted by Gasteiger charge is -2.11. The third kappa shape index (κ3) is 2.20. The molecule has 0 bridgehead atoms. The number of anilines is 1.